The molecule has 176 valence electrons. The molecule has 1 aromatic rings. The van der Waals surface area contributed by atoms with Crippen LogP contribution >= 0.6 is 34.8 Å². The molecule has 9 heteroatoms. The van der Waals surface area contributed by atoms with Gasteiger partial charge in [-0.15, -0.1) is 0 Å². The standard InChI is InChI=1S/C22H34Cl3N3O3/c1-2-3-4-5-6-7-8-9-10-11-12-16-20(29)27-21(22(23,24)25)26-18-14-13-15-19(17-18)28(30)31/h13-15,17,21,26H,2-12,16H2,1H3,(H,27,29)/t21-/m0/s1. The summed E-state index contributed by atoms with van der Waals surface area (Å²) in [5, 5.41) is 16.5. The van der Waals surface area contributed by atoms with Crippen molar-refractivity contribution in [3.8, 4) is 0 Å². The number of alkyl halides is 3. The molecule has 1 atom stereocenters. The maximum absolute atomic E-state index is 12.3. The first kappa shape index (κ1) is 27.8. The van der Waals surface area contributed by atoms with Gasteiger partial charge >= 0.3 is 0 Å². The van der Waals surface area contributed by atoms with Gasteiger partial charge < -0.3 is 10.6 Å². The first-order chi connectivity index (χ1) is 14.7. The van der Waals surface area contributed by atoms with Crippen molar-refractivity contribution in [1.82, 2.24) is 5.32 Å². The van der Waals surface area contributed by atoms with Crippen molar-refractivity contribution in [2.75, 3.05) is 5.32 Å². The molecule has 0 aliphatic carbocycles. The Balaban J connectivity index is 2.30. The summed E-state index contributed by atoms with van der Waals surface area (Å²) in [7, 11) is 0. The number of benzene rings is 1. The highest BCUT2D eigenvalue weighted by atomic mass is 35.6. The van der Waals surface area contributed by atoms with Crippen LogP contribution in [-0.4, -0.2) is 20.8 Å². The van der Waals surface area contributed by atoms with Crippen molar-refractivity contribution < 1.29 is 9.72 Å². The lowest BCUT2D eigenvalue weighted by atomic mass is 10.1. The molecule has 1 amide bonds. The van der Waals surface area contributed by atoms with Gasteiger partial charge in [-0.05, 0) is 12.5 Å². The van der Waals surface area contributed by atoms with Crippen LogP contribution in [0.4, 0.5) is 11.4 Å². The third-order valence-electron chi connectivity index (χ3n) is 5.01. The number of carbonyl (C=O) groups excluding carboxylic acids is 1. The molecule has 6 nitrogen and oxygen atoms in total. The SMILES string of the molecule is CCCCCCCCCCCCCC(=O)N[C@H](Nc1cccc([N+](=O)[O-])c1)C(Cl)(Cl)Cl. The van der Waals surface area contributed by atoms with E-state index in [9.17, 15) is 14.9 Å². The van der Waals surface area contributed by atoms with Gasteiger partial charge in [-0.3, -0.25) is 14.9 Å². The van der Waals surface area contributed by atoms with Gasteiger partial charge in [0.25, 0.3) is 5.69 Å². The predicted octanol–water partition coefficient (Wildman–Crippen LogP) is 7.52. The molecule has 0 aromatic heterocycles. The highest BCUT2D eigenvalue weighted by molar-refractivity contribution is 6.68. The van der Waals surface area contributed by atoms with E-state index in [1.165, 1.54) is 69.6 Å². The van der Waals surface area contributed by atoms with E-state index in [2.05, 4.69) is 17.6 Å². The number of hydrogen-bond acceptors (Lipinski definition) is 4. The van der Waals surface area contributed by atoms with Crippen molar-refractivity contribution in [3.63, 3.8) is 0 Å². The lowest BCUT2D eigenvalue weighted by molar-refractivity contribution is -0.384. The largest absolute Gasteiger partial charge is 0.362 e. The third-order valence-corrected chi connectivity index (χ3v) is 5.66. The number of halogens is 3. The van der Waals surface area contributed by atoms with E-state index >= 15 is 0 Å². The van der Waals surface area contributed by atoms with Gasteiger partial charge in [0.2, 0.25) is 9.70 Å². The number of nitro benzene ring substituents is 1. The van der Waals surface area contributed by atoms with E-state index < -0.39 is 14.9 Å². The van der Waals surface area contributed by atoms with Crippen LogP contribution in [0.15, 0.2) is 24.3 Å². The van der Waals surface area contributed by atoms with Crippen molar-refractivity contribution in [1.29, 1.82) is 0 Å². The molecule has 0 unspecified atom stereocenters. The Morgan fingerprint density at radius 1 is 1.00 bits per heavy atom. The summed E-state index contributed by atoms with van der Waals surface area (Å²) in [5.74, 6) is -0.231. The number of carbonyl (C=O) groups is 1. The normalized spacial score (nSPS) is 12.4. The van der Waals surface area contributed by atoms with Gasteiger partial charge in [0.05, 0.1) is 4.92 Å². The van der Waals surface area contributed by atoms with Crippen molar-refractivity contribution in [3.05, 3.63) is 34.4 Å². The number of unbranched alkanes of at least 4 members (excludes halogenated alkanes) is 10. The molecule has 1 aromatic carbocycles. The van der Waals surface area contributed by atoms with Crippen molar-refractivity contribution in [2.45, 2.75) is 93.9 Å². The second-order valence-corrected chi connectivity index (χ2v) is 10.1. The van der Waals surface area contributed by atoms with Crippen LogP contribution < -0.4 is 10.6 Å². The molecule has 0 saturated carbocycles. The fraction of sp³-hybridized carbons (Fsp3) is 0.682. The maximum Gasteiger partial charge on any atom is 0.271 e. The van der Waals surface area contributed by atoms with Gasteiger partial charge in [-0.25, -0.2) is 0 Å². The molecule has 0 spiro atoms. The van der Waals surface area contributed by atoms with Gasteiger partial charge in [0, 0.05) is 24.2 Å². The lowest BCUT2D eigenvalue weighted by Crippen LogP contribution is -2.49. The monoisotopic (exact) mass is 493 g/mol. The fourth-order valence-corrected chi connectivity index (χ4v) is 3.59. The first-order valence-electron chi connectivity index (χ1n) is 11.1. The molecule has 0 saturated heterocycles. The highest BCUT2D eigenvalue weighted by Gasteiger charge is 2.34. The molecule has 0 aliphatic rings. The van der Waals surface area contributed by atoms with Crippen molar-refractivity contribution in [2.24, 2.45) is 0 Å². The van der Waals surface area contributed by atoms with Crippen LogP contribution in [0, 0.1) is 10.1 Å². The molecule has 0 radical (unpaired) electrons. The average molecular weight is 495 g/mol. The van der Waals surface area contributed by atoms with Crippen LogP contribution in [0.3, 0.4) is 0 Å². The number of anilines is 1. The fourth-order valence-electron chi connectivity index (χ4n) is 3.26. The number of rotatable bonds is 16. The van der Waals surface area contributed by atoms with Crippen LogP contribution in [0.5, 0.6) is 0 Å². The van der Waals surface area contributed by atoms with Gasteiger partial charge in [0.1, 0.15) is 6.17 Å². The summed E-state index contributed by atoms with van der Waals surface area (Å²) >= 11 is 18.0. The molecule has 0 aliphatic heterocycles. The Bertz CT molecular complexity index is 669. The minimum atomic E-state index is -1.82. The Hall–Kier alpha value is -1.24. The van der Waals surface area contributed by atoms with Crippen LogP contribution in [-0.2, 0) is 4.79 Å². The second kappa shape index (κ2) is 15.5. The zero-order valence-electron chi connectivity index (χ0n) is 18.2. The predicted molar refractivity (Wildman–Crippen MR) is 130 cm³/mol. The van der Waals surface area contributed by atoms with E-state index in [0.717, 1.165) is 19.3 Å². The average Bonchev–Trinajstić information content (AvgIpc) is 2.71. The number of nitro groups is 1. The quantitative estimate of drug-likeness (QED) is 0.0818. The zero-order valence-corrected chi connectivity index (χ0v) is 20.4. The Morgan fingerprint density at radius 2 is 1.55 bits per heavy atom. The second-order valence-electron chi connectivity index (χ2n) is 7.78. The Kier molecular flexibility index (Phi) is 13.9. The smallest absolute Gasteiger partial charge is 0.271 e. The van der Waals surface area contributed by atoms with E-state index in [4.69, 9.17) is 34.8 Å². The van der Waals surface area contributed by atoms with Gasteiger partial charge in [-0.2, -0.15) is 0 Å². The highest BCUT2D eigenvalue weighted by Crippen LogP contribution is 2.31. The minimum absolute atomic E-state index is 0.0969. The summed E-state index contributed by atoms with van der Waals surface area (Å²) < 4.78 is -1.82. The molecule has 0 heterocycles. The summed E-state index contributed by atoms with van der Waals surface area (Å²) in [6.07, 6.45) is 12.5. The Labute approximate surface area is 200 Å². The van der Waals surface area contributed by atoms with Gasteiger partial charge in [0.15, 0.2) is 0 Å². The molecular formula is C22H34Cl3N3O3. The van der Waals surface area contributed by atoms with Crippen molar-refractivity contribution >= 4 is 52.1 Å². The number of nitrogens with one attached hydrogen (secondary N) is 2. The van der Waals surface area contributed by atoms with Gasteiger partial charge in [-0.1, -0.05) is 112 Å². The van der Waals surface area contributed by atoms with E-state index in [1.807, 2.05) is 0 Å². The van der Waals surface area contributed by atoms with E-state index in [1.54, 1.807) is 6.07 Å². The van der Waals surface area contributed by atoms with Crippen LogP contribution in [0.25, 0.3) is 0 Å². The lowest BCUT2D eigenvalue weighted by Gasteiger charge is -2.27. The Morgan fingerprint density at radius 3 is 2.06 bits per heavy atom. The maximum atomic E-state index is 12.3. The van der Waals surface area contributed by atoms with E-state index in [0.29, 0.717) is 12.1 Å². The molecule has 31 heavy (non-hydrogen) atoms. The third kappa shape index (κ3) is 13.0. The summed E-state index contributed by atoms with van der Waals surface area (Å²) in [4.78, 5) is 22.7. The minimum Gasteiger partial charge on any atom is -0.362 e. The van der Waals surface area contributed by atoms with Crippen LogP contribution in [0.1, 0.15) is 84.0 Å². The summed E-state index contributed by atoms with van der Waals surface area (Å²) in [6, 6.07) is 5.80. The number of nitrogens with zero attached hydrogens (tertiary/aromatic N) is 1. The zero-order chi connectivity index (χ0) is 23.1. The molecule has 0 bridgehead atoms. The number of hydrogen-bond donors (Lipinski definition) is 2. The molecule has 0 fully saturated rings. The summed E-state index contributed by atoms with van der Waals surface area (Å²) in [6.45, 7) is 2.23. The molecule has 2 N–H and O–H groups in total. The molecule has 1 rings (SSSR count). The summed E-state index contributed by atoms with van der Waals surface area (Å²) in [5.41, 5.74) is 0.279. The van der Waals surface area contributed by atoms with E-state index in [-0.39, 0.29) is 11.6 Å². The number of non-ortho nitro benzene ring substituents is 1. The van der Waals surface area contributed by atoms with Crippen LogP contribution in [0.2, 0.25) is 0 Å². The number of amides is 1. The topological polar surface area (TPSA) is 84.3 Å². The first-order valence-corrected chi connectivity index (χ1v) is 12.2. The molecular weight excluding hydrogens is 461 g/mol.